The minimum Gasteiger partial charge on any atom is -0.480 e. The van der Waals surface area contributed by atoms with Gasteiger partial charge < -0.3 is 15.7 Å². The zero-order chi connectivity index (χ0) is 15.0. The number of amides is 1. The van der Waals surface area contributed by atoms with E-state index in [0.29, 0.717) is 0 Å². The van der Waals surface area contributed by atoms with Crippen LogP contribution < -0.4 is 10.6 Å². The first-order valence-corrected chi connectivity index (χ1v) is 6.80. The number of thioether (sulfide) groups is 1. The standard InChI is InChI=1S/C13H13N3O3S/c1-20-11-4-2-3-10(5-11)15-7-9(6-14)13(19)16-8-12(17)18/h2-5,7,15H,8H2,1H3,(H,16,19)(H,17,18)/b9-7-. The van der Waals surface area contributed by atoms with Gasteiger partial charge in [0.15, 0.2) is 0 Å². The minimum absolute atomic E-state index is 0.194. The van der Waals surface area contributed by atoms with Crippen LogP contribution in [0.15, 0.2) is 40.9 Å². The molecule has 0 saturated heterocycles. The fraction of sp³-hybridized carbons (Fsp3) is 0.154. The molecule has 7 heteroatoms. The second kappa shape index (κ2) is 7.86. The molecule has 20 heavy (non-hydrogen) atoms. The van der Waals surface area contributed by atoms with Crippen molar-refractivity contribution < 1.29 is 14.7 Å². The topological polar surface area (TPSA) is 102 Å². The van der Waals surface area contributed by atoms with Crippen molar-refractivity contribution in [2.24, 2.45) is 0 Å². The average Bonchev–Trinajstić information content (AvgIpc) is 2.46. The molecule has 0 atom stereocenters. The van der Waals surface area contributed by atoms with Gasteiger partial charge in [-0.3, -0.25) is 9.59 Å². The number of anilines is 1. The monoisotopic (exact) mass is 291 g/mol. The predicted molar refractivity (Wildman–Crippen MR) is 76.2 cm³/mol. The van der Waals surface area contributed by atoms with Crippen molar-refractivity contribution in [3.8, 4) is 6.07 Å². The van der Waals surface area contributed by atoms with E-state index in [2.05, 4.69) is 10.6 Å². The van der Waals surface area contributed by atoms with Gasteiger partial charge in [0.1, 0.15) is 18.2 Å². The lowest BCUT2D eigenvalue weighted by molar-refractivity contribution is -0.137. The maximum Gasteiger partial charge on any atom is 0.322 e. The number of nitriles is 1. The molecule has 1 rings (SSSR count). The van der Waals surface area contributed by atoms with Gasteiger partial charge in [0, 0.05) is 16.8 Å². The highest BCUT2D eigenvalue weighted by atomic mass is 32.2. The van der Waals surface area contributed by atoms with Crippen LogP contribution in [0.1, 0.15) is 0 Å². The number of hydrogen-bond donors (Lipinski definition) is 3. The quantitative estimate of drug-likeness (QED) is 0.416. The molecule has 0 aliphatic rings. The van der Waals surface area contributed by atoms with E-state index < -0.39 is 18.4 Å². The van der Waals surface area contributed by atoms with E-state index in [1.807, 2.05) is 24.5 Å². The number of rotatable bonds is 6. The predicted octanol–water partition coefficient (Wildman–Crippen LogP) is 1.43. The SMILES string of the molecule is CSc1cccc(N/C=C(/C#N)C(=O)NCC(=O)O)c1. The second-order valence-corrected chi connectivity index (χ2v) is 4.50. The van der Waals surface area contributed by atoms with E-state index in [9.17, 15) is 9.59 Å². The van der Waals surface area contributed by atoms with E-state index >= 15 is 0 Å². The van der Waals surface area contributed by atoms with Crippen LogP contribution in [0.5, 0.6) is 0 Å². The molecule has 0 spiro atoms. The van der Waals surface area contributed by atoms with Crippen molar-refractivity contribution in [3.63, 3.8) is 0 Å². The van der Waals surface area contributed by atoms with Gasteiger partial charge in [-0.25, -0.2) is 0 Å². The first-order valence-electron chi connectivity index (χ1n) is 5.57. The number of carboxylic acids is 1. The van der Waals surface area contributed by atoms with Gasteiger partial charge in [0.25, 0.3) is 5.91 Å². The van der Waals surface area contributed by atoms with Crippen LogP contribution in [-0.2, 0) is 9.59 Å². The lowest BCUT2D eigenvalue weighted by Crippen LogP contribution is -2.30. The van der Waals surface area contributed by atoms with Gasteiger partial charge in [0.05, 0.1) is 0 Å². The Balaban J connectivity index is 2.72. The Kier molecular flexibility index (Phi) is 6.13. The van der Waals surface area contributed by atoms with Crippen LogP contribution in [0.4, 0.5) is 5.69 Å². The van der Waals surface area contributed by atoms with E-state index in [1.54, 1.807) is 23.9 Å². The number of aliphatic carboxylic acids is 1. The van der Waals surface area contributed by atoms with E-state index in [-0.39, 0.29) is 5.57 Å². The number of carbonyl (C=O) groups is 2. The van der Waals surface area contributed by atoms with Gasteiger partial charge in [-0.2, -0.15) is 5.26 Å². The van der Waals surface area contributed by atoms with Crippen LogP contribution >= 0.6 is 11.8 Å². The lowest BCUT2D eigenvalue weighted by Gasteiger charge is -2.04. The molecule has 0 heterocycles. The van der Waals surface area contributed by atoms with Crippen LogP contribution in [0.2, 0.25) is 0 Å². The van der Waals surface area contributed by atoms with Crippen molar-refractivity contribution in [2.75, 3.05) is 18.1 Å². The number of carbonyl (C=O) groups excluding carboxylic acids is 1. The van der Waals surface area contributed by atoms with E-state index in [0.717, 1.165) is 10.6 Å². The van der Waals surface area contributed by atoms with Gasteiger partial charge in [0.2, 0.25) is 0 Å². The smallest absolute Gasteiger partial charge is 0.322 e. The highest BCUT2D eigenvalue weighted by molar-refractivity contribution is 7.98. The van der Waals surface area contributed by atoms with Crippen LogP contribution in [0.25, 0.3) is 0 Å². The largest absolute Gasteiger partial charge is 0.480 e. The molecular formula is C13H13N3O3S. The molecule has 1 amide bonds. The Labute approximate surface area is 120 Å². The molecule has 1 aromatic rings. The summed E-state index contributed by atoms with van der Waals surface area (Å²) in [6.45, 7) is -0.528. The number of nitrogens with zero attached hydrogens (tertiary/aromatic N) is 1. The van der Waals surface area contributed by atoms with Gasteiger partial charge >= 0.3 is 5.97 Å². The molecular weight excluding hydrogens is 278 g/mol. The maximum atomic E-state index is 11.5. The van der Waals surface area contributed by atoms with Crippen molar-refractivity contribution in [1.29, 1.82) is 5.26 Å². The summed E-state index contributed by atoms with van der Waals surface area (Å²) in [5.74, 6) is -1.90. The van der Waals surface area contributed by atoms with Gasteiger partial charge in [-0.1, -0.05) is 6.07 Å². The van der Waals surface area contributed by atoms with E-state index in [4.69, 9.17) is 10.4 Å². The summed E-state index contributed by atoms with van der Waals surface area (Å²) in [5, 5.41) is 22.3. The first kappa shape index (κ1) is 15.6. The molecule has 0 bridgehead atoms. The molecule has 0 aromatic heterocycles. The Morgan fingerprint density at radius 3 is 2.85 bits per heavy atom. The Hall–Kier alpha value is -2.46. The average molecular weight is 291 g/mol. The molecule has 104 valence electrons. The second-order valence-electron chi connectivity index (χ2n) is 3.62. The van der Waals surface area contributed by atoms with Crippen molar-refractivity contribution in [3.05, 3.63) is 36.0 Å². The summed E-state index contributed by atoms with van der Waals surface area (Å²) >= 11 is 1.57. The normalized spacial score (nSPS) is 10.5. The molecule has 1 aromatic carbocycles. The van der Waals surface area contributed by atoms with Crippen molar-refractivity contribution >= 4 is 29.3 Å². The Morgan fingerprint density at radius 2 is 2.25 bits per heavy atom. The highest BCUT2D eigenvalue weighted by Gasteiger charge is 2.09. The zero-order valence-electron chi connectivity index (χ0n) is 10.7. The van der Waals surface area contributed by atoms with Gasteiger partial charge in [-0.15, -0.1) is 11.8 Å². The maximum absolute atomic E-state index is 11.5. The minimum atomic E-state index is -1.17. The zero-order valence-corrected chi connectivity index (χ0v) is 11.5. The summed E-state index contributed by atoms with van der Waals surface area (Å²) in [6.07, 6.45) is 3.19. The fourth-order valence-electron chi connectivity index (χ4n) is 1.27. The third-order valence-corrected chi connectivity index (χ3v) is 2.94. The molecule has 0 aliphatic heterocycles. The molecule has 0 unspecified atom stereocenters. The number of nitrogens with one attached hydrogen (secondary N) is 2. The lowest BCUT2D eigenvalue weighted by atomic mass is 10.3. The summed E-state index contributed by atoms with van der Waals surface area (Å²) in [4.78, 5) is 22.9. The van der Waals surface area contributed by atoms with Gasteiger partial charge in [-0.05, 0) is 24.5 Å². The van der Waals surface area contributed by atoms with Crippen molar-refractivity contribution in [1.82, 2.24) is 5.32 Å². The number of hydrogen-bond acceptors (Lipinski definition) is 5. The first-order chi connectivity index (χ1) is 9.56. The summed E-state index contributed by atoms with van der Waals surface area (Å²) < 4.78 is 0. The Bertz CT molecular complexity index is 578. The summed E-state index contributed by atoms with van der Waals surface area (Å²) in [7, 11) is 0. The van der Waals surface area contributed by atoms with E-state index in [1.165, 1.54) is 6.20 Å². The number of benzene rings is 1. The third kappa shape index (κ3) is 5.04. The van der Waals surface area contributed by atoms with Crippen molar-refractivity contribution in [2.45, 2.75) is 4.90 Å². The molecule has 0 fully saturated rings. The molecule has 6 nitrogen and oxygen atoms in total. The van der Waals surface area contributed by atoms with Crippen LogP contribution in [0, 0.1) is 11.3 Å². The summed E-state index contributed by atoms with van der Waals surface area (Å²) in [6, 6.07) is 9.15. The Morgan fingerprint density at radius 1 is 1.50 bits per heavy atom. The third-order valence-electron chi connectivity index (χ3n) is 2.22. The molecule has 0 radical (unpaired) electrons. The highest BCUT2D eigenvalue weighted by Crippen LogP contribution is 2.19. The molecule has 3 N–H and O–H groups in total. The number of carboxylic acid groups (broad SMARTS) is 1. The molecule has 0 aliphatic carbocycles. The van der Waals surface area contributed by atoms with Crippen LogP contribution in [-0.4, -0.2) is 29.8 Å². The summed E-state index contributed by atoms with van der Waals surface area (Å²) in [5.41, 5.74) is 0.538. The molecule has 0 saturated carbocycles. The fourth-order valence-corrected chi connectivity index (χ4v) is 1.73. The van der Waals surface area contributed by atoms with Crippen LogP contribution in [0.3, 0.4) is 0 Å².